The van der Waals surface area contributed by atoms with Gasteiger partial charge in [-0.05, 0) is 50.5 Å². The highest BCUT2D eigenvalue weighted by atomic mass is 16.5. The van der Waals surface area contributed by atoms with Gasteiger partial charge in [0.2, 0.25) is 5.82 Å². The minimum absolute atomic E-state index is 0.532. The van der Waals surface area contributed by atoms with E-state index in [-0.39, 0.29) is 0 Å². The zero-order chi connectivity index (χ0) is 17.1. The molecule has 3 rings (SSSR count). The van der Waals surface area contributed by atoms with Crippen LogP contribution in [-0.4, -0.2) is 20.1 Å². The lowest BCUT2D eigenvalue weighted by atomic mass is 10.1. The Labute approximate surface area is 142 Å². The normalized spacial score (nSPS) is 11.0. The van der Waals surface area contributed by atoms with Crippen molar-refractivity contribution in [1.29, 1.82) is 0 Å². The number of hydrogen-bond acceptors (Lipinski definition) is 5. The van der Waals surface area contributed by atoms with Gasteiger partial charge in [0.1, 0.15) is 0 Å². The molecule has 0 aliphatic rings. The summed E-state index contributed by atoms with van der Waals surface area (Å²) in [7, 11) is 0. The molecule has 3 aromatic heterocycles. The maximum Gasteiger partial charge on any atom is 0.258 e. The molecule has 0 saturated heterocycles. The Morgan fingerprint density at radius 1 is 0.750 bits per heavy atom. The second kappa shape index (κ2) is 6.91. The van der Waals surface area contributed by atoms with Crippen LogP contribution in [0, 0.1) is 6.92 Å². The van der Waals surface area contributed by atoms with Crippen LogP contribution in [0.15, 0.2) is 28.8 Å². The van der Waals surface area contributed by atoms with Crippen molar-refractivity contribution < 1.29 is 4.52 Å². The van der Waals surface area contributed by atoms with Gasteiger partial charge in [-0.15, -0.1) is 0 Å². The third-order valence-electron chi connectivity index (χ3n) is 3.96. The number of pyridine rings is 2. The quantitative estimate of drug-likeness (QED) is 0.704. The maximum atomic E-state index is 5.51. The van der Waals surface area contributed by atoms with Gasteiger partial charge in [0.25, 0.3) is 5.89 Å². The molecule has 5 nitrogen and oxygen atoms in total. The first kappa shape index (κ1) is 16.3. The Morgan fingerprint density at radius 2 is 1.33 bits per heavy atom. The minimum atomic E-state index is 0.532. The van der Waals surface area contributed by atoms with E-state index in [4.69, 9.17) is 4.52 Å². The SMILES string of the molecule is CCc1cc(-c2noc(-c3cc(CC)nc(CC)c3)n2)cc(C)n1. The fourth-order valence-electron chi connectivity index (χ4n) is 2.64. The minimum Gasteiger partial charge on any atom is -0.334 e. The summed E-state index contributed by atoms with van der Waals surface area (Å²) in [5, 5.41) is 4.16. The fourth-order valence-corrected chi connectivity index (χ4v) is 2.64. The van der Waals surface area contributed by atoms with E-state index in [1.165, 1.54) is 0 Å². The third-order valence-corrected chi connectivity index (χ3v) is 3.96. The molecule has 0 spiro atoms. The van der Waals surface area contributed by atoms with Gasteiger partial charge in [-0.2, -0.15) is 4.98 Å². The van der Waals surface area contributed by atoms with Crippen molar-refractivity contribution in [3.63, 3.8) is 0 Å². The zero-order valence-electron chi connectivity index (χ0n) is 14.6. The summed E-state index contributed by atoms with van der Waals surface area (Å²) in [6.07, 6.45) is 2.64. The topological polar surface area (TPSA) is 64.7 Å². The van der Waals surface area contributed by atoms with E-state index < -0.39 is 0 Å². The van der Waals surface area contributed by atoms with Gasteiger partial charge in [-0.1, -0.05) is 25.9 Å². The molecule has 24 heavy (non-hydrogen) atoms. The van der Waals surface area contributed by atoms with Crippen LogP contribution in [0.25, 0.3) is 22.8 Å². The number of nitrogens with zero attached hydrogens (tertiary/aromatic N) is 4. The molecule has 0 radical (unpaired) electrons. The van der Waals surface area contributed by atoms with E-state index in [0.717, 1.165) is 53.2 Å². The zero-order valence-corrected chi connectivity index (χ0v) is 14.6. The molecule has 0 unspecified atom stereocenters. The van der Waals surface area contributed by atoms with Crippen LogP contribution in [0.2, 0.25) is 0 Å². The van der Waals surface area contributed by atoms with Gasteiger partial charge < -0.3 is 4.52 Å². The lowest BCUT2D eigenvalue weighted by Gasteiger charge is -2.03. The van der Waals surface area contributed by atoms with Crippen molar-refractivity contribution in [3.05, 3.63) is 47.0 Å². The van der Waals surface area contributed by atoms with Crippen molar-refractivity contribution in [2.75, 3.05) is 0 Å². The van der Waals surface area contributed by atoms with Gasteiger partial charge in [0.05, 0.1) is 0 Å². The predicted octanol–water partition coefficient (Wildman–Crippen LogP) is 4.19. The van der Waals surface area contributed by atoms with Crippen molar-refractivity contribution in [2.24, 2.45) is 0 Å². The Balaban J connectivity index is 2.01. The smallest absolute Gasteiger partial charge is 0.258 e. The summed E-state index contributed by atoms with van der Waals surface area (Å²) in [4.78, 5) is 13.7. The average Bonchev–Trinajstić information content (AvgIpc) is 3.10. The van der Waals surface area contributed by atoms with E-state index in [1.54, 1.807) is 0 Å². The molecule has 0 N–H and O–H groups in total. The highest BCUT2D eigenvalue weighted by Gasteiger charge is 2.13. The molecule has 0 aliphatic heterocycles. The Hall–Kier alpha value is -2.56. The number of aromatic nitrogens is 4. The molecule has 0 aliphatic carbocycles. The van der Waals surface area contributed by atoms with Gasteiger partial charge >= 0.3 is 0 Å². The van der Waals surface area contributed by atoms with Gasteiger partial charge in [0.15, 0.2) is 0 Å². The maximum absolute atomic E-state index is 5.51. The molecular formula is C19H22N4O. The number of hydrogen-bond donors (Lipinski definition) is 0. The second-order valence-corrected chi connectivity index (χ2v) is 5.81. The van der Waals surface area contributed by atoms with Gasteiger partial charge in [-0.3, -0.25) is 9.97 Å². The highest BCUT2D eigenvalue weighted by Crippen LogP contribution is 2.24. The Morgan fingerprint density at radius 3 is 1.96 bits per heavy atom. The first-order chi connectivity index (χ1) is 11.6. The van der Waals surface area contributed by atoms with E-state index in [0.29, 0.717) is 11.7 Å². The summed E-state index contributed by atoms with van der Waals surface area (Å²) in [5.41, 5.74) is 5.94. The molecule has 0 aromatic carbocycles. The van der Waals surface area contributed by atoms with Crippen molar-refractivity contribution in [1.82, 2.24) is 20.1 Å². The molecule has 0 saturated carbocycles. The molecule has 0 amide bonds. The first-order valence-corrected chi connectivity index (χ1v) is 8.44. The number of aryl methyl sites for hydroxylation is 4. The van der Waals surface area contributed by atoms with Crippen LogP contribution in [0.3, 0.4) is 0 Å². The fraction of sp³-hybridized carbons (Fsp3) is 0.368. The lowest BCUT2D eigenvalue weighted by Crippen LogP contribution is -1.95. The molecule has 5 heteroatoms. The van der Waals surface area contributed by atoms with E-state index in [9.17, 15) is 0 Å². The Kier molecular flexibility index (Phi) is 4.69. The molecule has 124 valence electrons. The number of rotatable bonds is 5. The molecule has 0 bridgehead atoms. The van der Waals surface area contributed by atoms with E-state index in [1.807, 2.05) is 31.2 Å². The standard InChI is InChI=1S/C19H22N4O/c1-5-15-9-13(8-12(4)20-15)18-22-19(24-23-18)14-10-16(6-2)21-17(7-3)11-14/h8-11H,5-7H2,1-4H3. The van der Waals surface area contributed by atoms with Crippen molar-refractivity contribution in [3.8, 4) is 22.8 Å². The highest BCUT2D eigenvalue weighted by molar-refractivity contribution is 5.60. The predicted molar refractivity (Wildman–Crippen MR) is 93.6 cm³/mol. The third kappa shape index (κ3) is 3.35. The summed E-state index contributed by atoms with van der Waals surface area (Å²) < 4.78 is 5.51. The molecule has 0 atom stereocenters. The summed E-state index contributed by atoms with van der Waals surface area (Å²) in [6.45, 7) is 8.25. The van der Waals surface area contributed by atoms with Crippen LogP contribution >= 0.6 is 0 Å². The molecule has 3 aromatic rings. The molecule has 0 fully saturated rings. The van der Waals surface area contributed by atoms with Crippen LogP contribution < -0.4 is 0 Å². The van der Waals surface area contributed by atoms with E-state index >= 15 is 0 Å². The van der Waals surface area contributed by atoms with Gasteiger partial charge in [-0.25, -0.2) is 0 Å². The lowest BCUT2D eigenvalue weighted by molar-refractivity contribution is 0.432. The van der Waals surface area contributed by atoms with Crippen LogP contribution in [-0.2, 0) is 19.3 Å². The first-order valence-electron chi connectivity index (χ1n) is 8.44. The van der Waals surface area contributed by atoms with Gasteiger partial charge in [0, 0.05) is 33.9 Å². The molecular weight excluding hydrogens is 300 g/mol. The van der Waals surface area contributed by atoms with Crippen LogP contribution in [0.4, 0.5) is 0 Å². The van der Waals surface area contributed by atoms with Crippen LogP contribution in [0.1, 0.15) is 43.5 Å². The summed E-state index contributed by atoms with van der Waals surface area (Å²) >= 11 is 0. The second-order valence-electron chi connectivity index (χ2n) is 5.81. The van der Waals surface area contributed by atoms with Crippen LogP contribution in [0.5, 0.6) is 0 Å². The van der Waals surface area contributed by atoms with Crippen molar-refractivity contribution >= 4 is 0 Å². The largest absolute Gasteiger partial charge is 0.334 e. The Bertz CT molecular complexity index is 832. The monoisotopic (exact) mass is 322 g/mol. The summed E-state index contributed by atoms with van der Waals surface area (Å²) in [5.74, 6) is 1.13. The molecule has 3 heterocycles. The summed E-state index contributed by atoms with van der Waals surface area (Å²) in [6, 6.07) is 8.04. The van der Waals surface area contributed by atoms with Crippen molar-refractivity contribution in [2.45, 2.75) is 47.0 Å². The van der Waals surface area contributed by atoms with E-state index in [2.05, 4.69) is 40.9 Å². The average molecular weight is 322 g/mol.